The number of rotatable bonds is 3. The summed E-state index contributed by atoms with van der Waals surface area (Å²) >= 11 is 0. The number of non-ortho nitro benzene ring substituents is 1. The fourth-order valence-electron chi connectivity index (χ4n) is 1.79. The van der Waals surface area contributed by atoms with Gasteiger partial charge in [0.2, 0.25) is 0 Å². The first-order valence-electron chi connectivity index (χ1n) is 5.10. The van der Waals surface area contributed by atoms with Gasteiger partial charge in [0.25, 0.3) is 5.69 Å². The van der Waals surface area contributed by atoms with Gasteiger partial charge in [0.15, 0.2) is 0 Å². The fraction of sp³-hybridized carbons (Fsp3) is 0.167. The molecule has 1 aromatic carbocycles. The van der Waals surface area contributed by atoms with E-state index in [1.807, 2.05) is 0 Å². The topological polar surface area (TPSA) is 73.1 Å². The SMILES string of the molecule is CC(=O)Cc1ccc([N+](=O)[O-])c2cccnc12. The van der Waals surface area contributed by atoms with Crippen LogP contribution in [0.1, 0.15) is 12.5 Å². The monoisotopic (exact) mass is 230 g/mol. The maximum atomic E-state index is 11.1. The van der Waals surface area contributed by atoms with Crippen molar-refractivity contribution in [2.24, 2.45) is 0 Å². The molecule has 1 aromatic heterocycles. The molecule has 5 nitrogen and oxygen atoms in total. The minimum atomic E-state index is -0.443. The second kappa shape index (κ2) is 4.29. The number of benzene rings is 1. The van der Waals surface area contributed by atoms with E-state index in [0.717, 1.165) is 5.56 Å². The second-order valence-electron chi connectivity index (χ2n) is 3.78. The number of nitro groups is 1. The molecular formula is C12H10N2O3. The highest BCUT2D eigenvalue weighted by Gasteiger charge is 2.15. The normalized spacial score (nSPS) is 10.4. The molecule has 0 unspecified atom stereocenters. The van der Waals surface area contributed by atoms with Gasteiger partial charge in [-0.3, -0.25) is 19.9 Å². The standard InChI is InChI=1S/C12H10N2O3/c1-8(15)7-9-4-5-11(14(16)17)10-3-2-6-13-12(9)10/h2-6H,7H2,1H3. The quantitative estimate of drug-likeness (QED) is 0.598. The molecule has 0 atom stereocenters. The predicted molar refractivity (Wildman–Crippen MR) is 62.8 cm³/mol. The zero-order chi connectivity index (χ0) is 12.4. The summed E-state index contributed by atoms with van der Waals surface area (Å²) in [6, 6.07) is 6.30. The molecule has 0 amide bonds. The van der Waals surface area contributed by atoms with E-state index in [0.29, 0.717) is 10.9 Å². The smallest absolute Gasteiger partial charge is 0.278 e. The van der Waals surface area contributed by atoms with Crippen LogP contribution >= 0.6 is 0 Å². The van der Waals surface area contributed by atoms with Gasteiger partial charge in [-0.2, -0.15) is 0 Å². The molecule has 0 N–H and O–H groups in total. The van der Waals surface area contributed by atoms with Crippen LogP contribution in [0.3, 0.4) is 0 Å². The lowest BCUT2D eigenvalue weighted by Crippen LogP contribution is -2.00. The molecule has 86 valence electrons. The number of ketones is 1. The first kappa shape index (κ1) is 11.2. The molecule has 0 aliphatic carbocycles. The van der Waals surface area contributed by atoms with Crippen LogP contribution in [0.2, 0.25) is 0 Å². The van der Waals surface area contributed by atoms with Gasteiger partial charge in [0.1, 0.15) is 5.78 Å². The summed E-state index contributed by atoms with van der Waals surface area (Å²) < 4.78 is 0. The number of Topliss-reactive ketones (excluding diaryl/α,β-unsaturated/α-hetero) is 1. The molecule has 0 radical (unpaired) electrons. The lowest BCUT2D eigenvalue weighted by molar-refractivity contribution is -0.383. The Balaban J connectivity index is 2.70. The number of pyridine rings is 1. The highest BCUT2D eigenvalue weighted by Crippen LogP contribution is 2.26. The molecule has 0 saturated heterocycles. The van der Waals surface area contributed by atoms with Crippen LogP contribution in [0.4, 0.5) is 5.69 Å². The Bertz CT molecular complexity index is 608. The van der Waals surface area contributed by atoms with E-state index < -0.39 is 4.92 Å². The van der Waals surface area contributed by atoms with E-state index in [-0.39, 0.29) is 17.9 Å². The number of nitrogens with zero attached hydrogens (tertiary/aromatic N) is 2. The van der Waals surface area contributed by atoms with Gasteiger partial charge in [0, 0.05) is 18.7 Å². The first-order valence-corrected chi connectivity index (χ1v) is 5.10. The molecule has 5 heteroatoms. The van der Waals surface area contributed by atoms with Gasteiger partial charge in [-0.15, -0.1) is 0 Å². The van der Waals surface area contributed by atoms with Crippen molar-refractivity contribution < 1.29 is 9.72 Å². The van der Waals surface area contributed by atoms with Crippen LogP contribution in [0.5, 0.6) is 0 Å². The third-order valence-corrected chi connectivity index (χ3v) is 2.47. The summed E-state index contributed by atoms with van der Waals surface area (Å²) in [7, 11) is 0. The predicted octanol–water partition coefficient (Wildman–Crippen LogP) is 2.27. The highest BCUT2D eigenvalue weighted by molar-refractivity contribution is 5.93. The summed E-state index contributed by atoms with van der Waals surface area (Å²) in [5.41, 5.74) is 1.26. The maximum Gasteiger partial charge on any atom is 0.278 e. The van der Waals surface area contributed by atoms with E-state index >= 15 is 0 Å². The molecule has 0 aliphatic rings. The average Bonchev–Trinajstić information content (AvgIpc) is 2.28. The molecule has 1 heterocycles. The molecule has 0 spiro atoms. The zero-order valence-corrected chi connectivity index (χ0v) is 9.21. The lowest BCUT2D eigenvalue weighted by atomic mass is 10.0. The van der Waals surface area contributed by atoms with Crippen molar-refractivity contribution in [1.82, 2.24) is 4.98 Å². The number of carbonyl (C=O) groups is 1. The molecule has 0 aliphatic heterocycles. The number of nitro benzene ring substituents is 1. The summed E-state index contributed by atoms with van der Waals surface area (Å²) in [4.78, 5) is 25.7. The Morgan fingerprint density at radius 2 is 2.18 bits per heavy atom. The Hall–Kier alpha value is -2.30. The van der Waals surface area contributed by atoms with Crippen molar-refractivity contribution in [2.45, 2.75) is 13.3 Å². The van der Waals surface area contributed by atoms with Crippen LogP contribution in [-0.4, -0.2) is 15.7 Å². The maximum absolute atomic E-state index is 11.1. The van der Waals surface area contributed by atoms with Crippen molar-refractivity contribution in [1.29, 1.82) is 0 Å². The Kier molecular flexibility index (Phi) is 2.82. The third-order valence-electron chi connectivity index (χ3n) is 2.47. The summed E-state index contributed by atoms with van der Waals surface area (Å²) in [6.07, 6.45) is 1.81. The Labute approximate surface area is 97.2 Å². The van der Waals surface area contributed by atoms with Gasteiger partial charge in [-0.05, 0) is 30.7 Å². The molecule has 0 fully saturated rings. The van der Waals surface area contributed by atoms with Crippen LogP contribution < -0.4 is 0 Å². The van der Waals surface area contributed by atoms with E-state index in [2.05, 4.69) is 4.98 Å². The Morgan fingerprint density at radius 1 is 1.41 bits per heavy atom. The third kappa shape index (κ3) is 2.13. The van der Waals surface area contributed by atoms with E-state index in [1.54, 1.807) is 24.4 Å². The van der Waals surface area contributed by atoms with E-state index in [9.17, 15) is 14.9 Å². The van der Waals surface area contributed by atoms with Crippen LogP contribution in [0, 0.1) is 10.1 Å². The van der Waals surface area contributed by atoms with Gasteiger partial charge >= 0.3 is 0 Å². The Morgan fingerprint density at radius 3 is 2.82 bits per heavy atom. The molecule has 2 aromatic rings. The molecule has 0 bridgehead atoms. The molecular weight excluding hydrogens is 220 g/mol. The number of fused-ring (bicyclic) bond motifs is 1. The van der Waals surface area contributed by atoms with E-state index in [1.165, 1.54) is 13.0 Å². The van der Waals surface area contributed by atoms with Gasteiger partial charge in [-0.1, -0.05) is 0 Å². The zero-order valence-electron chi connectivity index (χ0n) is 9.21. The number of hydrogen-bond donors (Lipinski definition) is 0. The van der Waals surface area contributed by atoms with Crippen molar-refractivity contribution in [2.75, 3.05) is 0 Å². The average molecular weight is 230 g/mol. The number of hydrogen-bond acceptors (Lipinski definition) is 4. The lowest BCUT2D eigenvalue weighted by Gasteiger charge is -2.04. The van der Waals surface area contributed by atoms with Crippen molar-refractivity contribution in [3.05, 3.63) is 46.1 Å². The largest absolute Gasteiger partial charge is 0.300 e. The highest BCUT2D eigenvalue weighted by atomic mass is 16.6. The minimum absolute atomic E-state index is 0.00538. The van der Waals surface area contributed by atoms with Gasteiger partial charge < -0.3 is 0 Å². The summed E-state index contributed by atoms with van der Waals surface area (Å²) in [5, 5.41) is 11.3. The molecule has 0 saturated carbocycles. The van der Waals surface area contributed by atoms with Gasteiger partial charge in [-0.25, -0.2) is 0 Å². The van der Waals surface area contributed by atoms with Gasteiger partial charge in [0.05, 0.1) is 15.8 Å². The summed E-state index contributed by atoms with van der Waals surface area (Å²) in [5.74, 6) is 0.00538. The number of aromatic nitrogens is 1. The second-order valence-corrected chi connectivity index (χ2v) is 3.78. The first-order chi connectivity index (χ1) is 8.09. The number of carbonyl (C=O) groups excluding carboxylic acids is 1. The van der Waals surface area contributed by atoms with Crippen LogP contribution in [-0.2, 0) is 11.2 Å². The van der Waals surface area contributed by atoms with Crippen molar-refractivity contribution >= 4 is 22.4 Å². The summed E-state index contributed by atoms with van der Waals surface area (Å²) in [6.45, 7) is 1.48. The van der Waals surface area contributed by atoms with Crippen LogP contribution in [0.25, 0.3) is 10.9 Å². The van der Waals surface area contributed by atoms with E-state index in [4.69, 9.17) is 0 Å². The van der Waals surface area contributed by atoms with Crippen LogP contribution in [0.15, 0.2) is 30.5 Å². The molecule has 2 rings (SSSR count). The molecule has 17 heavy (non-hydrogen) atoms. The minimum Gasteiger partial charge on any atom is -0.300 e. The fourth-order valence-corrected chi connectivity index (χ4v) is 1.79. The van der Waals surface area contributed by atoms with Crippen molar-refractivity contribution in [3.63, 3.8) is 0 Å². The van der Waals surface area contributed by atoms with Crippen molar-refractivity contribution in [3.8, 4) is 0 Å².